The molecule has 0 saturated heterocycles. The minimum absolute atomic E-state index is 0.0262. The summed E-state index contributed by atoms with van der Waals surface area (Å²) in [6.45, 7) is 1.94. The number of hydrogen-bond acceptors (Lipinski definition) is 3. The molecule has 1 aromatic carbocycles. The summed E-state index contributed by atoms with van der Waals surface area (Å²) < 4.78 is 10.3. The topological polar surface area (TPSA) is 39.4 Å². The second-order valence-electron chi connectivity index (χ2n) is 3.86. The van der Waals surface area contributed by atoms with Gasteiger partial charge in [0.15, 0.2) is 5.78 Å². The number of furan rings is 1. The first-order chi connectivity index (χ1) is 8.20. The van der Waals surface area contributed by atoms with Crippen LogP contribution in [0.25, 0.3) is 0 Å². The van der Waals surface area contributed by atoms with E-state index in [1.807, 2.05) is 19.1 Å². The summed E-state index contributed by atoms with van der Waals surface area (Å²) in [5.41, 5.74) is 1.66. The van der Waals surface area contributed by atoms with E-state index in [4.69, 9.17) is 9.15 Å². The summed E-state index contributed by atoms with van der Waals surface area (Å²) in [6, 6.07) is 9.03. The van der Waals surface area contributed by atoms with Gasteiger partial charge >= 0.3 is 0 Å². The molecular formula is C14H14O3. The van der Waals surface area contributed by atoms with Gasteiger partial charge in [-0.1, -0.05) is 12.1 Å². The van der Waals surface area contributed by atoms with Crippen LogP contribution in [0.1, 0.15) is 21.7 Å². The second kappa shape index (κ2) is 4.87. The number of aryl methyl sites for hydroxylation is 1. The fraction of sp³-hybridized carbons (Fsp3) is 0.214. The second-order valence-corrected chi connectivity index (χ2v) is 3.86. The molecule has 3 nitrogen and oxygen atoms in total. The third-order valence-electron chi connectivity index (χ3n) is 2.64. The SMILES string of the molecule is COc1cc(C(=O)Cc2ccco2)ccc1C. The highest BCUT2D eigenvalue weighted by atomic mass is 16.5. The highest BCUT2D eigenvalue weighted by Gasteiger charge is 2.10. The maximum absolute atomic E-state index is 12.0. The van der Waals surface area contributed by atoms with Gasteiger partial charge in [0.25, 0.3) is 0 Å². The summed E-state index contributed by atoms with van der Waals surface area (Å²) in [4.78, 5) is 12.0. The van der Waals surface area contributed by atoms with Crippen molar-refractivity contribution < 1.29 is 13.9 Å². The van der Waals surface area contributed by atoms with E-state index in [2.05, 4.69) is 0 Å². The Labute approximate surface area is 100 Å². The fourth-order valence-corrected chi connectivity index (χ4v) is 1.67. The summed E-state index contributed by atoms with van der Waals surface area (Å²) >= 11 is 0. The van der Waals surface area contributed by atoms with Crippen LogP contribution < -0.4 is 4.74 Å². The van der Waals surface area contributed by atoms with Gasteiger partial charge in [0.1, 0.15) is 11.5 Å². The van der Waals surface area contributed by atoms with Crippen LogP contribution in [0.5, 0.6) is 5.75 Å². The van der Waals surface area contributed by atoms with Crippen LogP contribution in [-0.2, 0) is 6.42 Å². The van der Waals surface area contributed by atoms with Gasteiger partial charge in [0, 0.05) is 5.56 Å². The van der Waals surface area contributed by atoms with E-state index < -0.39 is 0 Å². The molecule has 2 aromatic rings. The molecule has 0 aliphatic rings. The Morgan fingerprint density at radius 2 is 2.18 bits per heavy atom. The highest BCUT2D eigenvalue weighted by Crippen LogP contribution is 2.20. The van der Waals surface area contributed by atoms with Gasteiger partial charge in [-0.2, -0.15) is 0 Å². The minimum Gasteiger partial charge on any atom is -0.496 e. The molecule has 0 spiro atoms. The maximum Gasteiger partial charge on any atom is 0.170 e. The van der Waals surface area contributed by atoms with Gasteiger partial charge in [-0.05, 0) is 30.7 Å². The van der Waals surface area contributed by atoms with E-state index in [9.17, 15) is 4.79 Å². The van der Waals surface area contributed by atoms with Crippen molar-refractivity contribution in [3.05, 3.63) is 53.5 Å². The number of carbonyl (C=O) groups is 1. The van der Waals surface area contributed by atoms with Gasteiger partial charge < -0.3 is 9.15 Å². The average Bonchev–Trinajstić information content (AvgIpc) is 2.82. The molecule has 1 aromatic heterocycles. The predicted octanol–water partition coefficient (Wildman–Crippen LogP) is 3.02. The third-order valence-corrected chi connectivity index (χ3v) is 2.64. The molecule has 1 heterocycles. The number of benzene rings is 1. The van der Waals surface area contributed by atoms with Crippen molar-refractivity contribution in [1.29, 1.82) is 0 Å². The Balaban J connectivity index is 2.19. The summed E-state index contributed by atoms with van der Waals surface area (Å²) in [5, 5.41) is 0. The van der Waals surface area contributed by atoms with Crippen LogP contribution in [0, 0.1) is 6.92 Å². The maximum atomic E-state index is 12.0. The number of methoxy groups -OCH3 is 1. The van der Waals surface area contributed by atoms with Gasteiger partial charge in [0.2, 0.25) is 0 Å². The lowest BCUT2D eigenvalue weighted by molar-refractivity contribution is 0.0986. The van der Waals surface area contributed by atoms with Gasteiger partial charge in [0.05, 0.1) is 19.8 Å². The molecule has 88 valence electrons. The Morgan fingerprint density at radius 1 is 1.35 bits per heavy atom. The summed E-state index contributed by atoms with van der Waals surface area (Å²) in [6.07, 6.45) is 1.84. The summed E-state index contributed by atoms with van der Waals surface area (Å²) in [5.74, 6) is 1.43. The fourth-order valence-electron chi connectivity index (χ4n) is 1.67. The first-order valence-electron chi connectivity index (χ1n) is 5.41. The number of rotatable bonds is 4. The average molecular weight is 230 g/mol. The van der Waals surface area contributed by atoms with Crippen LogP contribution in [-0.4, -0.2) is 12.9 Å². The standard InChI is InChI=1S/C14H14O3/c1-10-5-6-11(8-14(10)16-2)13(15)9-12-4-3-7-17-12/h3-8H,9H2,1-2H3. The zero-order valence-electron chi connectivity index (χ0n) is 9.90. The van der Waals surface area contributed by atoms with Gasteiger partial charge in [-0.15, -0.1) is 0 Å². The van der Waals surface area contributed by atoms with Crippen LogP contribution in [0.3, 0.4) is 0 Å². The molecule has 0 bridgehead atoms. The van der Waals surface area contributed by atoms with Crippen molar-refractivity contribution in [3.63, 3.8) is 0 Å². The van der Waals surface area contributed by atoms with E-state index in [1.165, 1.54) is 0 Å². The smallest absolute Gasteiger partial charge is 0.170 e. The van der Waals surface area contributed by atoms with E-state index in [-0.39, 0.29) is 12.2 Å². The molecule has 0 radical (unpaired) electrons. The summed E-state index contributed by atoms with van der Waals surface area (Å²) in [7, 11) is 1.60. The van der Waals surface area contributed by atoms with Crippen LogP contribution in [0.2, 0.25) is 0 Å². The third kappa shape index (κ3) is 2.56. The van der Waals surface area contributed by atoms with E-state index in [1.54, 1.807) is 31.6 Å². The molecule has 3 heteroatoms. The lowest BCUT2D eigenvalue weighted by Crippen LogP contribution is -2.03. The van der Waals surface area contributed by atoms with Crippen LogP contribution in [0.15, 0.2) is 41.0 Å². The van der Waals surface area contributed by atoms with E-state index in [0.717, 1.165) is 11.3 Å². The van der Waals surface area contributed by atoms with Gasteiger partial charge in [-0.25, -0.2) is 0 Å². The largest absolute Gasteiger partial charge is 0.496 e. The number of ether oxygens (including phenoxy) is 1. The first kappa shape index (κ1) is 11.5. The van der Waals surface area contributed by atoms with Crippen molar-refractivity contribution in [2.45, 2.75) is 13.3 Å². The molecule has 0 saturated carbocycles. The van der Waals surface area contributed by atoms with Crippen molar-refractivity contribution in [2.24, 2.45) is 0 Å². The van der Waals surface area contributed by atoms with Crippen molar-refractivity contribution in [1.82, 2.24) is 0 Å². The molecule has 0 aliphatic heterocycles. The van der Waals surface area contributed by atoms with Crippen LogP contribution in [0.4, 0.5) is 0 Å². The molecule has 0 N–H and O–H groups in total. The Kier molecular flexibility index (Phi) is 3.28. The molecule has 0 aliphatic carbocycles. The Bertz CT molecular complexity index is 512. The Morgan fingerprint density at radius 3 is 2.82 bits per heavy atom. The molecule has 0 fully saturated rings. The van der Waals surface area contributed by atoms with Gasteiger partial charge in [-0.3, -0.25) is 4.79 Å². The lowest BCUT2D eigenvalue weighted by atomic mass is 10.0. The minimum atomic E-state index is 0.0262. The van der Waals surface area contributed by atoms with Crippen LogP contribution >= 0.6 is 0 Å². The molecule has 17 heavy (non-hydrogen) atoms. The monoisotopic (exact) mass is 230 g/mol. The van der Waals surface area contributed by atoms with Crippen molar-refractivity contribution >= 4 is 5.78 Å². The number of Topliss-reactive ketones (excluding diaryl/α,β-unsaturated/α-hetero) is 1. The molecule has 2 rings (SSSR count). The van der Waals surface area contributed by atoms with Crippen molar-refractivity contribution in [2.75, 3.05) is 7.11 Å². The molecule has 0 amide bonds. The quantitative estimate of drug-likeness (QED) is 0.758. The number of hydrogen-bond donors (Lipinski definition) is 0. The normalized spacial score (nSPS) is 10.2. The predicted molar refractivity (Wildman–Crippen MR) is 64.5 cm³/mol. The zero-order valence-corrected chi connectivity index (χ0v) is 9.90. The molecular weight excluding hydrogens is 216 g/mol. The van der Waals surface area contributed by atoms with E-state index >= 15 is 0 Å². The number of carbonyl (C=O) groups excluding carboxylic acids is 1. The molecule has 0 atom stereocenters. The highest BCUT2D eigenvalue weighted by molar-refractivity contribution is 5.97. The lowest BCUT2D eigenvalue weighted by Gasteiger charge is -2.06. The zero-order chi connectivity index (χ0) is 12.3. The number of ketones is 1. The molecule has 0 unspecified atom stereocenters. The van der Waals surface area contributed by atoms with E-state index in [0.29, 0.717) is 11.3 Å². The first-order valence-corrected chi connectivity index (χ1v) is 5.41. The van der Waals surface area contributed by atoms with Crippen molar-refractivity contribution in [3.8, 4) is 5.75 Å². The Hall–Kier alpha value is -2.03.